The highest BCUT2D eigenvalue weighted by atomic mass is 28.4. The van der Waals surface area contributed by atoms with Crippen molar-refractivity contribution < 1.29 is 8.85 Å². The van der Waals surface area contributed by atoms with Crippen LogP contribution in [0.4, 0.5) is 0 Å². The lowest BCUT2D eigenvalue weighted by atomic mass is 9.99. The summed E-state index contributed by atoms with van der Waals surface area (Å²) in [5.74, 6) is 0.594. The van der Waals surface area contributed by atoms with Gasteiger partial charge in [0.2, 0.25) is 0 Å². The van der Waals surface area contributed by atoms with E-state index in [1.807, 2.05) is 0 Å². The van der Waals surface area contributed by atoms with Gasteiger partial charge in [-0.05, 0) is 42.4 Å². The van der Waals surface area contributed by atoms with Gasteiger partial charge in [-0.25, -0.2) is 0 Å². The van der Waals surface area contributed by atoms with Gasteiger partial charge < -0.3 is 8.85 Å². The minimum atomic E-state index is -2.32. The van der Waals surface area contributed by atoms with Crippen LogP contribution in [-0.2, 0) is 21.3 Å². The lowest BCUT2D eigenvalue weighted by Gasteiger charge is -2.34. The third-order valence-electron chi connectivity index (χ3n) is 5.00. The molecule has 0 aromatic heterocycles. The largest absolute Gasteiger partial charge is 0.394 e. The molecule has 2 aromatic rings. The molecule has 0 saturated carbocycles. The fraction of sp³-hybridized carbons (Fsp3) is 0.500. The van der Waals surface area contributed by atoms with Crippen LogP contribution < -0.4 is 0 Å². The Morgan fingerprint density at radius 2 is 1.26 bits per heavy atom. The molecule has 0 fully saturated rings. The van der Waals surface area contributed by atoms with Gasteiger partial charge in [-0.2, -0.15) is 0 Å². The first-order chi connectivity index (χ1) is 13.2. The van der Waals surface area contributed by atoms with Crippen molar-refractivity contribution in [2.45, 2.75) is 58.5 Å². The monoisotopic (exact) mass is 384 g/mol. The predicted molar refractivity (Wildman–Crippen MR) is 117 cm³/mol. The Labute approximate surface area is 167 Å². The molecule has 27 heavy (non-hydrogen) atoms. The standard InChI is InChI=1S/C24H36O2Si/c1-4-17-25-27(26-18-5-2,21-24-15-11-8-12-16-24)20-22(6-3)19-23-13-9-7-10-14-23/h7-16,22H,4-6,17-21H2,1-3H3. The summed E-state index contributed by atoms with van der Waals surface area (Å²) in [4.78, 5) is 0. The SMILES string of the molecule is CCCO[Si](Cc1ccccc1)(CC(CC)Cc1ccccc1)OCCC. The predicted octanol–water partition coefficient (Wildman–Crippen LogP) is 6.33. The molecule has 3 heteroatoms. The Morgan fingerprint density at radius 3 is 1.74 bits per heavy atom. The smallest absolute Gasteiger partial charge is 0.342 e. The molecular weight excluding hydrogens is 348 g/mol. The molecule has 2 nitrogen and oxygen atoms in total. The molecular formula is C24H36O2Si. The highest BCUT2D eigenvalue weighted by Gasteiger charge is 2.40. The van der Waals surface area contributed by atoms with Gasteiger partial charge in [0.1, 0.15) is 0 Å². The van der Waals surface area contributed by atoms with E-state index in [-0.39, 0.29) is 0 Å². The summed E-state index contributed by atoms with van der Waals surface area (Å²) < 4.78 is 13.1. The highest BCUT2D eigenvalue weighted by molar-refractivity contribution is 6.67. The van der Waals surface area contributed by atoms with Crippen molar-refractivity contribution in [2.24, 2.45) is 5.92 Å². The normalized spacial score (nSPS) is 12.9. The second-order valence-corrected chi connectivity index (χ2v) is 10.6. The molecule has 0 N–H and O–H groups in total. The Kier molecular flexibility index (Phi) is 9.82. The molecule has 0 bridgehead atoms. The molecule has 1 unspecified atom stereocenters. The average Bonchev–Trinajstić information content (AvgIpc) is 2.71. The Hall–Kier alpha value is -1.42. The first kappa shape index (κ1) is 21.9. The van der Waals surface area contributed by atoms with Crippen LogP contribution in [0.15, 0.2) is 60.7 Å². The van der Waals surface area contributed by atoms with Gasteiger partial charge in [0.05, 0.1) is 0 Å². The summed E-state index contributed by atoms with van der Waals surface area (Å²) in [6.45, 7) is 8.26. The van der Waals surface area contributed by atoms with Gasteiger partial charge in [-0.3, -0.25) is 0 Å². The first-order valence-corrected chi connectivity index (χ1v) is 12.8. The highest BCUT2D eigenvalue weighted by Crippen LogP contribution is 2.29. The zero-order valence-electron chi connectivity index (χ0n) is 17.3. The molecule has 0 aliphatic rings. The number of rotatable bonds is 13. The van der Waals surface area contributed by atoms with Gasteiger partial charge >= 0.3 is 8.56 Å². The minimum Gasteiger partial charge on any atom is -0.394 e. The molecule has 148 valence electrons. The van der Waals surface area contributed by atoms with Crippen molar-refractivity contribution in [3.8, 4) is 0 Å². The number of benzene rings is 2. The molecule has 0 heterocycles. The molecule has 0 saturated heterocycles. The van der Waals surface area contributed by atoms with Crippen LogP contribution in [0, 0.1) is 5.92 Å². The summed E-state index contributed by atoms with van der Waals surface area (Å²) in [5.41, 5.74) is 2.75. The Morgan fingerprint density at radius 1 is 0.741 bits per heavy atom. The molecule has 2 rings (SSSR count). The summed E-state index contributed by atoms with van der Waals surface area (Å²) in [6, 6.07) is 23.6. The molecule has 0 amide bonds. The van der Waals surface area contributed by atoms with E-state index in [2.05, 4.69) is 81.4 Å². The van der Waals surface area contributed by atoms with Crippen LogP contribution in [0.5, 0.6) is 0 Å². The van der Waals surface area contributed by atoms with Crippen molar-refractivity contribution in [3.05, 3.63) is 71.8 Å². The lowest BCUT2D eigenvalue weighted by Crippen LogP contribution is -2.47. The molecule has 0 aliphatic carbocycles. The Balaban J connectivity index is 2.21. The molecule has 0 radical (unpaired) electrons. The maximum atomic E-state index is 6.57. The van der Waals surface area contributed by atoms with E-state index in [0.29, 0.717) is 5.92 Å². The maximum absolute atomic E-state index is 6.57. The molecule has 2 aromatic carbocycles. The average molecular weight is 385 g/mol. The van der Waals surface area contributed by atoms with Crippen molar-refractivity contribution in [2.75, 3.05) is 13.2 Å². The van der Waals surface area contributed by atoms with E-state index in [9.17, 15) is 0 Å². The van der Waals surface area contributed by atoms with Crippen LogP contribution in [-0.4, -0.2) is 21.8 Å². The van der Waals surface area contributed by atoms with Crippen LogP contribution in [0.25, 0.3) is 0 Å². The van der Waals surface area contributed by atoms with E-state index < -0.39 is 8.56 Å². The third kappa shape index (κ3) is 7.61. The van der Waals surface area contributed by atoms with Crippen molar-refractivity contribution in [3.63, 3.8) is 0 Å². The van der Waals surface area contributed by atoms with Gasteiger partial charge in [-0.1, -0.05) is 87.9 Å². The third-order valence-corrected chi connectivity index (χ3v) is 8.61. The van der Waals surface area contributed by atoms with Gasteiger partial charge in [0.15, 0.2) is 0 Å². The molecule has 1 atom stereocenters. The van der Waals surface area contributed by atoms with Crippen LogP contribution in [0.1, 0.15) is 51.2 Å². The lowest BCUT2D eigenvalue weighted by molar-refractivity contribution is 0.160. The van der Waals surface area contributed by atoms with E-state index in [1.54, 1.807) is 0 Å². The number of hydrogen-bond donors (Lipinski definition) is 0. The second-order valence-electron chi connectivity index (χ2n) is 7.44. The first-order valence-electron chi connectivity index (χ1n) is 10.6. The zero-order chi connectivity index (χ0) is 19.4. The quantitative estimate of drug-likeness (QED) is 0.376. The van der Waals surface area contributed by atoms with E-state index >= 15 is 0 Å². The van der Waals surface area contributed by atoms with Gasteiger partial charge in [-0.15, -0.1) is 0 Å². The van der Waals surface area contributed by atoms with Crippen molar-refractivity contribution >= 4 is 8.56 Å². The molecule has 0 aliphatic heterocycles. The summed E-state index contributed by atoms with van der Waals surface area (Å²) in [6.07, 6.45) is 4.33. The minimum absolute atomic E-state index is 0.594. The maximum Gasteiger partial charge on any atom is 0.342 e. The topological polar surface area (TPSA) is 18.5 Å². The fourth-order valence-electron chi connectivity index (χ4n) is 3.56. The van der Waals surface area contributed by atoms with Crippen LogP contribution >= 0.6 is 0 Å². The summed E-state index contributed by atoms with van der Waals surface area (Å²) >= 11 is 0. The van der Waals surface area contributed by atoms with Gasteiger partial charge in [0.25, 0.3) is 0 Å². The van der Waals surface area contributed by atoms with Crippen molar-refractivity contribution in [1.82, 2.24) is 0 Å². The summed E-state index contributed by atoms with van der Waals surface area (Å²) in [5, 5.41) is 0. The fourth-order valence-corrected chi connectivity index (χ4v) is 7.55. The van der Waals surface area contributed by atoms with Gasteiger partial charge in [0, 0.05) is 19.3 Å². The summed E-state index contributed by atoms with van der Waals surface area (Å²) in [7, 11) is -2.32. The van der Waals surface area contributed by atoms with E-state index in [4.69, 9.17) is 8.85 Å². The van der Waals surface area contributed by atoms with Crippen LogP contribution in [0.2, 0.25) is 6.04 Å². The van der Waals surface area contributed by atoms with E-state index in [1.165, 1.54) is 11.1 Å². The van der Waals surface area contributed by atoms with Crippen molar-refractivity contribution in [1.29, 1.82) is 0 Å². The number of hydrogen-bond acceptors (Lipinski definition) is 2. The van der Waals surface area contributed by atoms with E-state index in [0.717, 1.165) is 51.0 Å². The zero-order valence-corrected chi connectivity index (χ0v) is 18.3. The van der Waals surface area contributed by atoms with Crippen LogP contribution in [0.3, 0.4) is 0 Å². The molecule has 0 spiro atoms. The second kappa shape index (κ2) is 12.1. The Bertz CT molecular complexity index is 607.